The van der Waals surface area contributed by atoms with Crippen molar-refractivity contribution in [3.05, 3.63) is 0 Å². The van der Waals surface area contributed by atoms with Gasteiger partial charge in [0.2, 0.25) is 0 Å². The number of hydrogen-bond donors (Lipinski definition) is 1. The molecule has 0 saturated heterocycles. The Labute approximate surface area is 69.6 Å². The maximum absolute atomic E-state index is 8.92. The minimum absolute atomic E-state index is 0.158. The van der Waals surface area contributed by atoms with Crippen LogP contribution in [0.1, 0.15) is 40.0 Å². The predicted molar refractivity (Wildman–Crippen MR) is 46.6 cm³/mol. The number of hydrogen-bond acceptors (Lipinski definition) is 2. The highest BCUT2D eigenvalue weighted by molar-refractivity contribution is 4.47. The Balaban J connectivity index is 2.91. The first-order chi connectivity index (χ1) is 5.13. The summed E-state index contributed by atoms with van der Waals surface area (Å²) in [4.78, 5) is 0. The van der Waals surface area contributed by atoms with Gasteiger partial charge in [0.15, 0.2) is 0 Å². The van der Waals surface area contributed by atoms with Crippen molar-refractivity contribution < 1.29 is 9.84 Å². The van der Waals surface area contributed by atoms with Gasteiger partial charge in [-0.3, -0.25) is 0 Å². The van der Waals surface area contributed by atoms with Gasteiger partial charge in [0.25, 0.3) is 0 Å². The van der Waals surface area contributed by atoms with Gasteiger partial charge in [-0.1, -0.05) is 0 Å². The third-order valence-electron chi connectivity index (χ3n) is 1.47. The van der Waals surface area contributed by atoms with E-state index in [-0.39, 0.29) is 6.10 Å². The van der Waals surface area contributed by atoms with Crippen LogP contribution >= 0.6 is 0 Å². The molecule has 0 aliphatic carbocycles. The number of aliphatic hydroxyl groups is 1. The molecule has 1 atom stereocenters. The lowest BCUT2D eigenvalue weighted by atomic mass is 10.2. The van der Waals surface area contributed by atoms with Crippen LogP contribution in [0.15, 0.2) is 0 Å². The summed E-state index contributed by atoms with van der Waals surface area (Å²) in [5.41, 5.74) is 0. The molecule has 0 aromatic carbocycles. The van der Waals surface area contributed by atoms with Crippen LogP contribution in [-0.2, 0) is 4.74 Å². The summed E-state index contributed by atoms with van der Waals surface area (Å²) in [7, 11) is 0. The average Bonchev–Trinajstić information content (AvgIpc) is 1.85. The average molecular weight is 160 g/mol. The maximum atomic E-state index is 8.92. The van der Waals surface area contributed by atoms with Gasteiger partial charge in [-0.25, -0.2) is 0 Å². The highest BCUT2D eigenvalue weighted by Gasteiger charge is 1.96. The van der Waals surface area contributed by atoms with Crippen LogP contribution < -0.4 is 0 Å². The van der Waals surface area contributed by atoms with Crippen molar-refractivity contribution in [1.82, 2.24) is 0 Å². The summed E-state index contributed by atoms with van der Waals surface area (Å²) >= 11 is 0. The summed E-state index contributed by atoms with van der Waals surface area (Å²) in [6.45, 7) is 6.72. The van der Waals surface area contributed by atoms with Crippen molar-refractivity contribution in [3.63, 3.8) is 0 Å². The Morgan fingerprint density at radius 1 is 1.18 bits per heavy atom. The van der Waals surface area contributed by atoms with Crippen LogP contribution in [0.4, 0.5) is 0 Å². The molecule has 0 aromatic rings. The molecule has 0 heterocycles. The molecule has 11 heavy (non-hydrogen) atoms. The molecular weight excluding hydrogens is 140 g/mol. The SMILES string of the molecule is CC(O)CCCCOC(C)C. The topological polar surface area (TPSA) is 29.5 Å². The van der Waals surface area contributed by atoms with Crippen LogP contribution in [0.3, 0.4) is 0 Å². The van der Waals surface area contributed by atoms with Gasteiger partial charge >= 0.3 is 0 Å². The van der Waals surface area contributed by atoms with Crippen molar-refractivity contribution >= 4 is 0 Å². The molecule has 2 nitrogen and oxygen atoms in total. The molecule has 68 valence electrons. The molecule has 0 aromatic heterocycles. The third kappa shape index (κ3) is 9.92. The lowest BCUT2D eigenvalue weighted by Crippen LogP contribution is -2.05. The van der Waals surface area contributed by atoms with Crippen LogP contribution in [0, 0.1) is 0 Å². The summed E-state index contributed by atoms with van der Waals surface area (Å²) in [5.74, 6) is 0. The second kappa shape index (κ2) is 6.62. The summed E-state index contributed by atoms with van der Waals surface area (Å²) in [5, 5.41) is 8.92. The van der Waals surface area contributed by atoms with Gasteiger partial charge in [-0.05, 0) is 40.0 Å². The van der Waals surface area contributed by atoms with Crippen molar-refractivity contribution in [2.24, 2.45) is 0 Å². The summed E-state index contributed by atoms with van der Waals surface area (Å²) in [6.07, 6.45) is 3.19. The lowest BCUT2D eigenvalue weighted by molar-refractivity contribution is 0.0732. The Hall–Kier alpha value is -0.0800. The molecule has 0 rings (SSSR count). The Bertz CT molecular complexity index is 69.6. The molecule has 0 radical (unpaired) electrons. The fourth-order valence-corrected chi connectivity index (χ4v) is 0.861. The Kier molecular flexibility index (Phi) is 6.57. The third-order valence-corrected chi connectivity index (χ3v) is 1.47. The molecule has 0 amide bonds. The van der Waals surface area contributed by atoms with Gasteiger partial charge in [0, 0.05) is 6.61 Å². The fraction of sp³-hybridized carbons (Fsp3) is 1.00. The van der Waals surface area contributed by atoms with E-state index in [4.69, 9.17) is 9.84 Å². The zero-order chi connectivity index (χ0) is 8.69. The van der Waals surface area contributed by atoms with Crippen molar-refractivity contribution in [3.8, 4) is 0 Å². The van der Waals surface area contributed by atoms with Gasteiger partial charge < -0.3 is 9.84 Å². The van der Waals surface area contributed by atoms with Crippen molar-refractivity contribution in [2.45, 2.75) is 52.2 Å². The molecule has 1 unspecified atom stereocenters. The van der Waals surface area contributed by atoms with Gasteiger partial charge in [-0.15, -0.1) is 0 Å². The van der Waals surface area contributed by atoms with E-state index in [9.17, 15) is 0 Å². The van der Waals surface area contributed by atoms with Gasteiger partial charge in [-0.2, -0.15) is 0 Å². The molecule has 0 aliphatic rings. The number of aliphatic hydroxyl groups excluding tert-OH is 1. The van der Waals surface area contributed by atoms with E-state index in [0.717, 1.165) is 25.9 Å². The minimum atomic E-state index is -0.158. The van der Waals surface area contributed by atoms with Crippen molar-refractivity contribution in [2.75, 3.05) is 6.61 Å². The molecule has 1 N–H and O–H groups in total. The van der Waals surface area contributed by atoms with Crippen LogP contribution in [0.2, 0.25) is 0 Å². The molecule has 0 bridgehead atoms. The minimum Gasteiger partial charge on any atom is -0.393 e. The van der Waals surface area contributed by atoms with E-state index < -0.39 is 0 Å². The smallest absolute Gasteiger partial charge is 0.0518 e. The first-order valence-electron chi connectivity index (χ1n) is 4.42. The number of unbranched alkanes of at least 4 members (excludes halogenated alkanes) is 1. The standard InChI is InChI=1S/C9H20O2/c1-8(2)11-7-5-4-6-9(3)10/h8-10H,4-7H2,1-3H3. The molecule has 0 saturated carbocycles. The molecule has 2 heteroatoms. The van der Waals surface area contributed by atoms with Crippen LogP contribution in [-0.4, -0.2) is 23.9 Å². The molecule has 0 spiro atoms. The van der Waals surface area contributed by atoms with Gasteiger partial charge in [0.05, 0.1) is 12.2 Å². The van der Waals surface area contributed by atoms with E-state index in [0.29, 0.717) is 6.10 Å². The van der Waals surface area contributed by atoms with E-state index in [2.05, 4.69) is 0 Å². The Morgan fingerprint density at radius 3 is 2.27 bits per heavy atom. The van der Waals surface area contributed by atoms with Crippen molar-refractivity contribution in [1.29, 1.82) is 0 Å². The molecule has 0 aliphatic heterocycles. The monoisotopic (exact) mass is 160 g/mol. The van der Waals surface area contributed by atoms with Crippen LogP contribution in [0.25, 0.3) is 0 Å². The quantitative estimate of drug-likeness (QED) is 0.602. The largest absolute Gasteiger partial charge is 0.393 e. The first-order valence-corrected chi connectivity index (χ1v) is 4.42. The summed E-state index contributed by atoms with van der Waals surface area (Å²) < 4.78 is 5.34. The molecule has 0 fully saturated rings. The second-order valence-corrected chi connectivity index (χ2v) is 3.26. The zero-order valence-electron chi connectivity index (χ0n) is 7.84. The first kappa shape index (κ1) is 10.9. The number of ether oxygens (including phenoxy) is 1. The van der Waals surface area contributed by atoms with E-state index in [1.165, 1.54) is 0 Å². The zero-order valence-corrected chi connectivity index (χ0v) is 7.84. The lowest BCUT2D eigenvalue weighted by Gasteiger charge is -2.07. The highest BCUT2D eigenvalue weighted by Crippen LogP contribution is 2.01. The fourth-order valence-electron chi connectivity index (χ4n) is 0.861. The van der Waals surface area contributed by atoms with Crippen LogP contribution in [0.5, 0.6) is 0 Å². The number of rotatable bonds is 6. The highest BCUT2D eigenvalue weighted by atomic mass is 16.5. The maximum Gasteiger partial charge on any atom is 0.0518 e. The van der Waals surface area contributed by atoms with E-state index in [1.807, 2.05) is 20.8 Å². The predicted octanol–water partition coefficient (Wildman–Crippen LogP) is 1.96. The normalized spacial score (nSPS) is 13.9. The van der Waals surface area contributed by atoms with E-state index >= 15 is 0 Å². The van der Waals surface area contributed by atoms with E-state index in [1.54, 1.807) is 0 Å². The second-order valence-electron chi connectivity index (χ2n) is 3.26. The summed E-state index contributed by atoms with van der Waals surface area (Å²) in [6, 6.07) is 0. The van der Waals surface area contributed by atoms with Gasteiger partial charge in [0.1, 0.15) is 0 Å². The Morgan fingerprint density at radius 2 is 1.82 bits per heavy atom. The molecular formula is C9H20O2.